The number of hydrogen-bond acceptors (Lipinski definition) is 5. The molecule has 156 valence electrons. The quantitative estimate of drug-likeness (QED) is 0.286. The van der Waals surface area contributed by atoms with Crippen molar-refractivity contribution in [2.75, 3.05) is 13.2 Å². The standard InChI is InChI=1S/C23H34O5/c1-16(2)21(25)27-12-8-7-10-18-14-23(5,6)15-20(24)19(18)11-9-13-28-22(26)17(3)4/h1,3,7-15H2,2,4-6H3. The maximum atomic E-state index is 12.7. The van der Waals surface area contributed by atoms with E-state index in [-0.39, 0.29) is 23.8 Å². The van der Waals surface area contributed by atoms with E-state index in [2.05, 4.69) is 27.0 Å². The van der Waals surface area contributed by atoms with Crippen molar-refractivity contribution in [2.45, 2.75) is 72.6 Å². The average molecular weight is 391 g/mol. The Balaban J connectivity index is 2.60. The van der Waals surface area contributed by atoms with E-state index in [9.17, 15) is 14.4 Å². The van der Waals surface area contributed by atoms with E-state index in [1.807, 2.05) is 0 Å². The van der Waals surface area contributed by atoms with Gasteiger partial charge < -0.3 is 9.47 Å². The molecule has 0 aromatic heterocycles. The fourth-order valence-corrected chi connectivity index (χ4v) is 3.31. The van der Waals surface area contributed by atoms with Crippen LogP contribution in [0.4, 0.5) is 0 Å². The van der Waals surface area contributed by atoms with Gasteiger partial charge in [-0.3, -0.25) is 4.79 Å². The second kappa shape index (κ2) is 11.0. The first-order valence-corrected chi connectivity index (χ1v) is 9.93. The lowest BCUT2D eigenvalue weighted by Crippen LogP contribution is -2.26. The lowest BCUT2D eigenvalue weighted by molar-refractivity contribution is -0.139. The van der Waals surface area contributed by atoms with Gasteiger partial charge in [0.15, 0.2) is 5.78 Å². The van der Waals surface area contributed by atoms with Crippen LogP contribution in [0.5, 0.6) is 0 Å². The topological polar surface area (TPSA) is 69.7 Å². The number of Topliss-reactive ketones (excluding diaryl/α,β-unsaturated/α-hetero) is 1. The van der Waals surface area contributed by atoms with Crippen molar-refractivity contribution in [3.8, 4) is 0 Å². The van der Waals surface area contributed by atoms with Gasteiger partial charge in [-0.15, -0.1) is 0 Å². The summed E-state index contributed by atoms with van der Waals surface area (Å²) in [6, 6.07) is 0. The third kappa shape index (κ3) is 8.24. The molecule has 5 heteroatoms. The van der Waals surface area contributed by atoms with Crippen LogP contribution in [-0.4, -0.2) is 30.9 Å². The van der Waals surface area contributed by atoms with E-state index in [4.69, 9.17) is 9.47 Å². The van der Waals surface area contributed by atoms with E-state index in [1.165, 1.54) is 5.57 Å². The smallest absolute Gasteiger partial charge is 0.333 e. The van der Waals surface area contributed by atoms with Crippen LogP contribution in [0, 0.1) is 5.41 Å². The van der Waals surface area contributed by atoms with E-state index < -0.39 is 5.97 Å². The van der Waals surface area contributed by atoms with Gasteiger partial charge in [-0.1, -0.05) is 32.6 Å². The molecule has 1 aliphatic rings. The number of hydrogen-bond donors (Lipinski definition) is 0. The van der Waals surface area contributed by atoms with E-state index in [0.717, 1.165) is 31.3 Å². The summed E-state index contributed by atoms with van der Waals surface area (Å²) in [4.78, 5) is 35.5. The predicted molar refractivity (Wildman–Crippen MR) is 110 cm³/mol. The van der Waals surface area contributed by atoms with Gasteiger partial charge in [0.25, 0.3) is 0 Å². The molecule has 5 nitrogen and oxygen atoms in total. The Hall–Kier alpha value is -2.17. The number of carbonyl (C=O) groups excluding carboxylic acids is 3. The van der Waals surface area contributed by atoms with Gasteiger partial charge in [-0.2, -0.15) is 0 Å². The number of esters is 2. The molecule has 0 fully saturated rings. The SMILES string of the molecule is C=C(C)C(=O)OCCCCC1=C(CCCOC(=O)C(=C)C)C(=O)CC(C)(C)C1. The lowest BCUT2D eigenvalue weighted by Gasteiger charge is -2.32. The Morgan fingerprint density at radius 2 is 1.43 bits per heavy atom. The minimum atomic E-state index is -0.394. The molecule has 0 N–H and O–H groups in total. The van der Waals surface area contributed by atoms with Crippen LogP contribution in [0.1, 0.15) is 72.6 Å². The Bertz CT molecular complexity index is 666. The van der Waals surface area contributed by atoms with Gasteiger partial charge in [0.2, 0.25) is 0 Å². The van der Waals surface area contributed by atoms with Crippen LogP contribution in [0.15, 0.2) is 35.5 Å². The van der Waals surface area contributed by atoms with Gasteiger partial charge in [0.05, 0.1) is 13.2 Å². The van der Waals surface area contributed by atoms with Gasteiger partial charge >= 0.3 is 11.9 Å². The maximum absolute atomic E-state index is 12.7. The molecule has 0 aromatic carbocycles. The fourth-order valence-electron chi connectivity index (χ4n) is 3.31. The molecule has 0 saturated heterocycles. The summed E-state index contributed by atoms with van der Waals surface area (Å²) >= 11 is 0. The normalized spacial score (nSPS) is 15.9. The van der Waals surface area contributed by atoms with Crippen LogP contribution >= 0.6 is 0 Å². The van der Waals surface area contributed by atoms with E-state index >= 15 is 0 Å². The van der Waals surface area contributed by atoms with Crippen LogP contribution in [0.3, 0.4) is 0 Å². The Morgan fingerprint density at radius 1 is 0.893 bits per heavy atom. The molecule has 28 heavy (non-hydrogen) atoms. The van der Waals surface area contributed by atoms with E-state index in [1.54, 1.807) is 13.8 Å². The van der Waals surface area contributed by atoms with Gasteiger partial charge in [0.1, 0.15) is 0 Å². The third-order valence-corrected chi connectivity index (χ3v) is 4.70. The van der Waals surface area contributed by atoms with Crippen LogP contribution < -0.4 is 0 Å². The second-order valence-electron chi connectivity index (χ2n) is 8.42. The summed E-state index contributed by atoms with van der Waals surface area (Å²) in [5.74, 6) is -0.556. The zero-order valence-corrected chi connectivity index (χ0v) is 17.8. The molecule has 0 unspecified atom stereocenters. The molecular formula is C23H34O5. The highest BCUT2D eigenvalue weighted by Gasteiger charge is 2.32. The molecule has 0 amide bonds. The molecule has 0 spiro atoms. The largest absolute Gasteiger partial charge is 0.462 e. The van der Waals surface area contributed by atoms with Gasteiger partial charge in [0, 0.05) is 17.6 Å². The number of ketones is 1. The van der Waals surface area contributed by atoms with Crippen LogP contribution in [0.2, 0.25) is 0 Å². The van der Waals surface area contributed by atoms with Crippen LogP contribution in [0.25, 0.3) is 0 Å². The van der Waals surface area contributed by atoms with Crippen molar-refractivity contribution in [3.05, 3.63) is 35.5 Å². The number of carbonyl (C=O) groups is 3. The summed E-state index contributed by atoms with van der Waals surface area (Å²) < 4.78 is 10.3. The number of rotatable bonds is 11. The molecule has 1 rings (SSSR count). The first-order valence-electron chi connectivity index (χ1n) is 9.93. The maximum Gasteiger partial charge on any atom is 0.333 e. The van der Waals surface area contributed by atoms with Crippen molar-refractivity contribution in [2.24, 2.45) is 5.41 Å². The molecule has 0 aromatic rings. The minimum Gasteiger partial charge on any atom is -0.462 e. The summed E-state index contributed by atoms with van der Waals surface area (Å²) in [5, 5.41) is 0. The summed E-state index contributed by atoms with van der Waals surface area (Å²) in [7, 11) is 0. The highest BCUT2D eigenvalue weighted by Crippen LogP contribution is 2.40. The second-order valence-corrected chi connectivity index (χ2v) is 8.42. The molecule has 0 radical (unpaired) electrons. The number of allylic oxidation sites excluding steroid dienone is 2. The Kier molecular flexibility index (Phi) is 9.36. The third-order valence-electron chi connectivity index (χ3n) is 4.70. The molecule has 0 heterocycles. The summed E-state index contributed by atoms with van der Waals surface area (Å²) in [6.07, 6.45) is 5.12. The zero-order chi connectivity index (χ0) is 21.3. The Labute approximate surface area is 168 Å². The van der Waals surface area contributed by atoms with Crippen molar-refractivity contribution in [1.82, 2.24) is 0 Å². The van der Waals surface area contributed by atoms with Crippen LogP contribution in [-0.2, 0) is 23.9 Å². The van der Waals surface area contributed by atoms with Gasteiger partial charge in [-0.05, 0) is 63.4 Å². The molecular weight excluding hydrogens is 356 g/mol. The highest BCUT2D eigenvalue weighted by molar-refractivity contribution is 5.97. The monoisotopic (exact) mass is 390 g/mol. The molecule has 0 atom stereocenters. The van der Waals surface area contributed by atoms with Gasteiger partial charge in [-0.25, -0.2) is 9.59 Å². The van der Waals surface area contributed by atoms with Crippen molar-refractivity contribution in [3.63, 3.8) is 0 Å². The number of ether oxygens (including phenoxy) is 2. The average Bonchev–Trinajstić information content (AvgIpc) is 2.58. The zero-order valence-electron chi connectivity index (χ0n) is 17.8. The molecule has 0 bridgehead atoms. The fraction of sp³-hybridized carbons (Fsp3) is 0.609. The predicted octanol–water partition coefficient (Wildman–Crippen LogP) is 4.86. The lowest BCUT2D eigenvalue weighted by atomic mass is 9.72. The summed E-state index contributed by atoms with van der Waals surface area (Å²) in [5.41, 5.74) is 2.83. The summed E-state index contributed by atoms with van der Waals surface area (Å²) in [6.45, 7) is 15.2. The first kappa shape index (κ1) is 23.9. The highest BCUT2D eigenvalue weighted by atomic mass is 16.5. The van der Waals surface area contributed by atoms with E-state index in [0.29, 0.717) is 37.0 Å². The molecule has 0 saturated carbocycles. The van der Waals surface area contributed by atoms with Crippen molar-refractivity contribution < 1.29 is 23.9 Å². The molecule has 0 aliphatic heterocycles. The van der Waals surface area contributed by atoms with Crippen molar-refractivity contribution >= 4 is 17.7 Å². The minimum absolute atomic E-state index is 0.0330. The molecule has 1 aliphatic carbocycles. The van der Waals surface area contributed by atoms with Crippen molar-refractivity contribution in [1.29, 1.82) is 0 Å². The first-order chi connectivity index (χ1) is 13.0. The Morgan fingerprint density at radius 3 is 1.96 bits per heavy atom. The number of unbranched alkanes of at least 4 members (excludes halogenated alkanes) is 1.